The summed E-state index contributed by atoms with van der Waals surface area (Å²) in [5.74, 6) is 1.39. The highest BCUT2D eigenvalue weighted by molar-refractivity contribution is 6.11. The Morgan fingerprint density at radius 2 is 2.08 bits per heavy atom. The van der Waals surface area contributed by atoms with Crippen LogP contribution < -0.4 is 4.74 Å². The second kappa shape index (κ2) is 4.84. The van der Waals surface area contributed by atoms with Crippen LogP contribution in [0.4, 0.5) is 0 Å². The van der Waals surface area contributed by atoms with Gasteiger partial charge in [0, 0.05) is 30.2 Å². The van der Waals surface area contributed by atoms with Crippen molar-refractivity contribution in [1.82, 2.24) is 0 Å². The van der Waals surface area contributed by atoms with Gasteiger partial charge in [0.15, 0.2) is 5.78 Å². The van der Waals surface area contributed by atoms with Crippen LogP contribution in [0.25, 0.3) is 10.8 Å². The van der Waals surface area contributed by atoms with E-state index in [1.54, 1.807) is 7.11 Å². The molecule has 128 valence electrons. The van der Waals surface area contributed by atoms with E-state index < -0.39 is 0 Å². The fourth-order valence-corrected chi connectivity index (χ4v) is 5.48. The van der Waals surface area contributed by atoms with E-state index >= 15 is 0 Å². The number of hydrogen-bond donors (Lipinski definition) is 0. The number of benzene rings is 2. The van der Waals surface area contributed by atoms with E-state index in [-0.39, 0.29) is 29.2 Å². The molecule has 25 heavy (non-hydrogen) atoms. The Bertz CT molecular complexity index is 931. The van der Waals surface area contributed by atoms with Gasteiger partial charge in [-0.1, -0.05) is 12.1 Å². The fraction of sp³-hybridized carbons (Fsp3) is 0.429. The van der Waals surface area contributed by atoms with Gasteiger partial charge >= 0.3 is 5.97 Å². The molecule has 3 aliphatic rings. The minimum absolute atomic E-state index is 0.0392. The lowest BCUT2D eigenvalue weighted by molar-refractivity contribution is -0.148. The van der Waals surface area contributed by atoms with Crippen LogP contribution in [0.1, 0.15) is 42.1 Å². The Morgan fingerprint density at radius 1 is 1.24 bits per heavy atom. The number of hydrogen-bond acceptors (Lipinski definition) is 4. The quantitative estimate of drug-likeness (QED) is 0.786. The van der Waals surface area contributed by atoms with E-state index in [0.717, 1.165) is 34.9 Å². The van der Waals surface area contributed by atoms with Gasteiger partial charge in [-0.15, -0.1) is 0 Å². The zero-order valence-electron chi connectivity index (χ0n) is 14.4. The fourth-order valence-electron chi connectivity index (χ4n) is 5.48. The van der Waals surface area contributed by atoms with Gasteiger partial charge in [0.25, 0.3) is 0 Å². The summed E-state index contributed by atoms with van der Waals surface area (Å²) in [4.78, 5) is 24.5. The smallest absolute Gasteiger partial charge is 0.302 e. The van der Waals surface area contributed by atoms with Crippen molar-refractivity contribution in [3.8, 4) is 5.75 Å². The number of esters is 1. The average Bonchev–Trinajstić information content (AvgIpc) is 3.22. The van der Waals surface area contributed by atoms with Gasteiger partial charge in [-0.3, -0.25) is 9.59 Å². The molecule has 1 spiro atoms. The highest BCUT2D eigenvalue weighted by Gasteiger charge is 2.70. The minimum atomic E-state index is -0.245. The molecule has 2 aromatic carbocycles. The number of methoxy groups -OCH3 is 1. The molecule has 3 aliphatic carbocycles. The molecule has 5 rings (SSSR count). The van der Waals surface area contributed by atoms with Gasteiger partial charge in [0.05, 0.1) is 7.11 Å². The molecular formula is C21H20O4. The van der Waals surface area contributed by atoms with Crippen molar-refractivity contribution in [3.05, 3.63) is 41.5 Å². The summed E-state index contributed by atoms with van der Waals surface area (Å²) in [5.41, 5.74) is 2.09. The average molecular weight is 336 g/mol. The first-order valence-electron chi connectivity index (χ1n) is 8.86. The topological polar surface area (TPSA) is 52.6 Å². The Balaban J connectivity index is 1.66. The molecule has 0 radical (unpaired) electrons. The second-order valence-corrected chi connectivity index (χ2v) is 7.63. The predicted molar refractivity (Wildman–Crippen MR) is 92.9 cm³/mol. The second-order valence-electron chi connectivity index (χ2n) is 7.63. The molecule has 0 N–H and O–H groups in total. The van der Waals surface area contributed by atoms with Crippen LogP contribution >= 0.6 is 0 Å². The first-order chi connectivity index (χ1) is 12.0. The zero-order valence-corrected chi connectivity index (χ0v) is 14.4. The molecule has 2 aromatic rings. The van der Waals surface area contributed by atoms with Crippen molar-refractivity contribution in [2.75, 3.05) is 7.11 Å². The molecule has 0 aromatic heterocycles. The summed E-state index contributed by atoms with van der Waals surface area (Å²) in [6, 6.07) is 10.1. The SMILES string of the molecule is COc1ccc2c3c(ccc2c1)[C@]12C[C@H]1C[C@@H](OC(C)=O)C2CC3=O. The lowest BCUT2D eigenvalue weighted by atomic mass is 9.70. The summed E-state index contributed by atoms with van der Waals surface area (Å²) >= 11 is 0. The molecule has 0 saturated heterocycles. The Hall–Kier alpha value is -2.36. The van der Waals surface area contributed by atoms with Crippen molar-refractivity contribution in [2.24, 2.45) is 11.8 Å². The third kappa shape index (κ3) is 1.88. The highest BCUT2D eigenvalue weighted by atomic mass is 16.5. The van der Waals surface area contributed by atoms with E-state index in [2.05, 4.69) is 12.1 Å². The van der Waals surface area contributed by atoms with Gasteiger partial charge in [0.2, 0.25) is 0 Å². The first kappa shape index (κ1) is 14.9. The largest absolute Gasteiger partial charge is 0.497 e. The molecule has 0 bridgehead atoms. The Kier molecular flexibility index (Phi) is 2.89. The molecule has 4 atom stereocenters. The van der Waals surface area contributed by atoms with E-state index in [9.17, 15) is 9.59 Å². The number of carbonyl (C=O) groups excluding carboxylic acids is 2. The number of Topliss-reactive ketones (excluding diaryl/α,β-unsaturated/α-hetero) is 1. The maximum atomic E-state index is 13.0. The van der Waals surface area contributed by atoms with Crippen LogP contribution in [-0.2, 0) is 14.9 Å². The standard InChI is InChI=1S/C21H20O4/c1-11(22)25-19-8-13-10-21(13)16-6-3-12-7-14(24-2)4-5-15(12)20(16)18(23)9-17(19)21/h3-7,13,17,19H,8-10H2,1-2H3/t13-,17?,19-,21+/m1/s1. The maximum Gasteiger partial charge on any atom is 0.302 e. The molecule has 4 heteroatoms. The normalized spacial score (nSPS) is 31.9. The Morgan fingerprint density at radius 3 is 2.84 bits per heavy atom. The number of ketones is 1. The van der Waals surface area contributed by atoms with Gasteiger partial charge in [-0.25, -0.2) is 0 Å². The number of rotatable bonds is 2. The molecule has 4 nitrogen and oxygen atoms in total. The molecule has 0 heterocycles. The van der Waals surface area contributed by atoms with Crippen molar-refractivity contribution in [2.45, 2.75) is 37.7 Å². The van der Waals surface area contributed by atoms with Crippen LogP contribution in [0.15, 0.2) is 30.3 Å². The van der Waals surface area contributed by atoms with Crippen LogP contribution in [-0.4, -0.2) is 25.0 Å². The Labute approximate surface area is 146 Å². The van der Waals surface area contributed by atoms with Crippen LogP contribution in [0, 0.1) is 11.8 Å². The summed E-state index contributed by atoms with van der Waals surface area (Å²) in [6.07, 6.45) is 2.36. The van der Waals surface area contributed by atoms with Crippen molar-refractivity contribution in [3.63, 3.8) is 0 Å². The van der Waals surface area contributed by atoms with Crippen molar-refractivity contribution < 1.29 is 19.1 Å². The van der Waals surface area contributed by atoms with E-state index in [4.69, 9.17) is 9.47 Å². The van der Waals surface area contributed by atoms with Crippen LogP contribution in [0.5, 0.6) is 5.75 Å². The number of fused-ring (bicyclic) bond motifs is 3. The number of carbonyl (C=O) groups is 2. The summed E-state index contributed by atoms with van der Waals surface area (Å²) < 4.78 is 10.9. The molecule has 1 unspecified atom stereocenters. The minimum Gasteiger partial charge on any atom is -0.497 e. The lowest BCUT2D eigenvalue weighted by Crippen LogP contribution is -2.37. The molecule has 0 amide bonds. The molecule has 0 aliphatic heterocycles. The van der Waals surface area contributed by atoms with Gasteiger partial charge in [-0.2, -0.15) is 0 Å². The summed E-state index contributed by atoms with van der Waals surface area (Å²) in [6.45, 7) is 1.45. The van der Waals surface area contributed by atoms with E-state index in [1.807, 2.05) is 18.2 Å². The molecular weight excluding hydrogens is 316 g/mol. The maximum absolute atomic E-state index is 13.0. The van der Waals surface area contributed by atoms with Crippen molar-refractivity contribution in [1.29, 1.82) is 0 Å². The first-order valence-corrected chi connectivity index (χ1v) is 8.86. The highest BCUT2D eigenvalue weighted by Crippen LogP contribution is 2.71. The summed E-state index contributed by atoms with van der Waals surface area (Å²) in [5, 5.41) is 2.05. The number of ether oxygens (including phenoxy) is 2. The summed E-state index contributed by atoms with van der Waals surface area (Å²) in [7, 11) is 1.65. The lowest BCUT2D eigenvalue weighted by Gasteiger charge is -2.34. The van der Waals surface area contributed by atoms with Crippen molar-refractivity contribution >= 4 is 22.5 Å². The van der Waals surface area contributed by atoms with E-state index in [0.29, 0.717) is 12.3 Å². The predicted octanol–water partition coefficient (Wildman–Crippen LogP) is 3.64. The van der Waals surface area contributed by atoms with Gasteiger partial charge in [-0.05, 0) is 53.3 Å². The molecule has 2 fully saturated rings. The zero-order chi connectivity index (χ0) is 17.3. The monoisotopic (exact) mass is 336 g/mol. The third-order valence-electron chi connectivity index (χ3n) is 6.51. The van der Waals surface area contributed by atoms with Gasteiger partial charge < -0.3 is 9.47 Å². The van der Waals surface area contributed by atoms with Gasteiger partial charge in [0.1, 0.15) is 11.9 Å². The van der Waals surface area contributed by atoms with Crippen LogP contribution in [0.3, 0.4) is 0 Å². The molecule has 2 saturated carbocycles. The van der Waals surface area contributed by atoms with E-state index in [1.165, 1.54) is 12.5 Å². The third-order valence-corrected chi connectivity index (χ3v) is 6.51. The van der Waals surface area contributed by atoms with Crippen LogP contribution in [0.2, 0.25) is 0 Å².